The highest BCUT2D eigenvalue weighted by Crippen LogP contribution is 2.26. The SMILES string of the molecule is NC(=O)CN(C(=O)CC1C(=O)N(C(Cl)Cc2ccc(Cl)cc2)CC(=O)N1CCc1cccc2ccccc12)C(Cl)Cc1ccc(Cl)cc1. The van der Waals surface area contributed by atoms with Gasteiger partial charge in [-0.25, -0.2) is 0 Å². The zero-order valence-corrected chi connectivity index (χ0v) is 28.9. The fraction of sp³-hybridized carbons (Fsp3) is 0.278. The van der Waals surface area contributed by atoms with Crippen molar-refractivity contribution in [3.63, 3.8) is 0 Å². The number of rotatable bonds is 13. The number of nitrogens with two attached hydrogens (primary N) is 1. The van der Waals surface area contributed by atoms with Gasteiger partial charge in [0, 0.05) is 29.4 Å². The zero-order chi connectivity index (χ0) is 34.4. The van der Waals surface area contributed by atoms with E-state index in [1.165, 1.54) is 9.80 Å². The number of nitrogens with zero attached hydrogens (tertiary/aromatic N) is 3. The average Bonchev–Trinajstić information content (AvgIpc) is 3.06. The molecule has 48 heavy (non-hydrogen) atoms. The minimum Gasteiger partial charge on any atom is -0.368 e. The molecule has 1 saturated heterocycles. The van der Waals surface area contributed by atoms with Gasteiger partial charge in [-0.2, -0.15) is 0 Å². The topological polar surface area (TPSA) is 104 Å². The molecule has 2 N–H and O–H groups in total. The lowest BCUT2D eigenvalue weighted by Gasteiger charge is -2.42. The molecule has 0 spiro atoms. The fourth-order valence-corrected chi connectivity index (χ4v) is 6.88. The first-order valence-electron chi connectivity index (χ1n) is 15.4. The smallest absolute Gasteiger partial charge is 0.247 e. The summed E-state index contributed by atoms with van der Waals surface area (Å²) >= 11 is 25.5. The van der Waals surface area contributed by atoms with Crippen LogP contribution in [0.25, 0.3) is 10.8 Å². The zero-order valence-electron chi connectivity index (χ0n) is 25.9. The van der Waals surface area contributed by atoms with Crippen molar-refractivity contribution < 1.29 is 19.2 Å². The first-order chi connectivity index (χ1) is 23.0. The van der Waals surface area contributed by atoms with Gasteiger partial charge < -0.3 is 20.4 Å². The van der Waals surface area contributed by atoms with Gasteiger partial charge >= 0.3 is 0 Å². The summed E-state index contributed by atoms with van der Waals surface area (Å²) in [5.74, 6) is -2.19. The Kier molecular flexibility index (Phi) is 11.9. The van der Waals surface area contributed by atoms with Crippen molar-refractivity contribution in [2.24, 2.45) is 5.73 Å². The lowest BCUT2D eigenvalue weighted by atomic mass is 10.00. The molecule has 0 radical (unpaired) electrons. The summed E-state index contributed by atoms with van der Waals surface area (Å²) in [6.45, 7) is -0.538. The molecule has 250 valence electrons. The lowest BCUT2D eigenvalue weighted by Crippen LogP contribution is -2.63. The van der Waals surface area contributed by atoms with E-state index in [2.05, 4.69) is 0 Å². The molecule has 5 rings (SSSR count). The van der Waals surface area contributed by atoms with Crippen LogP contribution in [0.15, 0.2) is 91.0 Å². The third-order valence-corrected chi connectivity index (χ3v) is 9.68. The summed E-state index contributed by atoms with van der Waals surface area (Å²) in [4.78, 5) is 57.9. The quantitative estimate of drug-likeness (QED) is 0.134. The van der Waals surface area contributed by atoms with E-state index in [0.717, 1.165) is 32.4 Å². The number of alkyl halides is 2. The normalized spacial score (nSPS) is 16.2. The van der Waals surface area contributed by atoms with Gasteiger partial charge in [-0.1, -0.05) is 113 Å². The highest BCUT2D eigenvalue weighted by molar-refractivity contribution is 6.30. The number of amides is 4. The molecule has 1 heterocycles. The van der Waals surface area contributed by atoms with E-state index < -0.39 is 47.7 Å². The summed E-state index contributed by atoms with van der Waals surface area (Å²) in [6, 6.07) is 26.6. The Morgan fingerprint density at radius 3 is 2.08 bits per heavy atom. The van der Waals surface area contributed by atoms with Crippen LogP contribution in [0.1, 0.15) is 23.1 Å². The van der Waals surface area contributed by atoms with E-state index in [0.29, 0.717) is 16.5 Å². The summed E-state index contributed by atoms with van der Waals surface area (Å²) in [5.41, 5.74) is 6.29. The molecule has 3 atom stereocenters. The molecule has 1 aliphatic rings. The van der Waals surface area contributed by atoms with Gasteiger partial charge in [0.05, 0.1) is 6.42 Å². The van der Waals surface area contributed by atoms with Gasteiger partial charge in [0.25, 0.3) is 0 Å². The van der Waals surface area contributed by atoms with Crippen LogP contribution in [-0.2, 0) is 38.4 Å². The maximum Gasteiger partial charge on any atom is 0.247 e. The number of carbonyl (C=O) groups excluding carboxylic acids is 4. The van der Waals surface area contributed by atoms with E-state index in [9.17, 15) is 19.2 Å². The first kappa shape index (κ1) is 35.5. The van der Waals surface area contributed by atoms with Crippen molar-refractivity contribution in [1.82, 2.24) is 14.7 Å². The van der Waals surface area contributed by atoms with Crippen molar-refractivity contribution in [3.8, 4) is 0 Å². The molecular formula is C36H34Cl4N4O4. The standard InChI is InChI=1S/C36H34Cl4N4O4/c37-27-12-8-23(9-13-27)18-31(39)43(21-33(41)45)34(46)20-30-36(48)44(32(40)19-24-10-14-28(38)15-11-24)22-35(47)42(30)17-16-26-6-3-5-25-4-1-2-7-29(25)26/h1-15,30-32H,16-22H2,(H2,41,45). The third kappa shape index (κ3) is 8.80. The molecule has 8 nitrogen and oxygen atoms in total. The maximum absolute atomic E-state index is 14.2. The van der Waals surface area contributed by atoms with E-state index >= 15 is 0 Å². The van der Waals surface area contributed by atoms with Gasteiger partial charge in [0.15, 0.2) is 0 Å². The van der Waals surface area contributed by atoms with Crippen LogP contribution < -0.4 is 5.73 Å². The number of piperazine rings is 1. The number of hydrogen-bond donors (Lipinski definition) is 1. The highest BCUT2D eigenvalue weighted by Gasteiger charge is 2.43. The molecule has 0 bridgehead atoms. The van der Waals surface area contributed by atoms with Crippen LogP contribution in [0.3, 0.4) is 0 Å². The van der Waals surface area contributed by atoms with E-state index in [1.54, 1.807) is 48.5 Å². The molecule has 4 aromatic carbocycles. The van der Waals surface area contributed by atoms with Crippen molar-refractivity contribution in [2.45, 2.75) is 42.7 Å². The largest absolute Gasteiger partial charge is 0.368 e. The molecule has 0 aromatic heterocycles. The Morgan fingerprint density at radius 2 is 1.44 bits per heavy atom. The summed E-state index contributed by atoms with van der Waals surface area (Å²) < 4.78 is 0. The number of carbonyl (C=O) groups is 4. The maximum atomic E-state index is 14.2. The molecule has 0 saturated carbocycles. The Hall–Kier alpha value is -3.82. The van der Waals surface area contributed by atoms with Crippen molar-refractivity contribution in [1.29, 1.82) is 0 Å². The second-order valence-corrected chi connectivity index (χ2v) is 13.6. The monoisotopic (exact) mass is 726 g/mol. The molecular weight excluding hydrogens is 694 g/mol. The average molecular weight is 729 g/mol. The predicted octanol–water partition coefficient (Wildman–Crippen LogP) is 6.05. The Bertz CT molecular complexity index is 1780. The summed E-state index contributed by atoms with van der Waals surface area (Å²) in [5, 5.41) is 3.19. The van der Waals surface area contributed by atoms with Crippen LogP contribution in [0.5, 0.6) is 0 Å². The summed E-state index contributed by atoms with van der Waals surface area (Å²) in [7, 11) is 0. The fourth-order valence-electron chi connectivity index (χ4n) is 5.92. The number of primary amides is 1. The third-order valence-electron chi connectivity index (χ3n) is 8.40. The second-order valence-electron chi connectivity index (χ2n) is 11.7. The number of benzene rings is 4. The van der Waals surface area contributed by atoms with Crippen molar-refractivity contribution in [2.75, 3.05) is 19.6 Å². The minimum atomic E-state index is -1.19. The Balaban J connectivity index is 1.41. The molecule has 0 aliphatic carbocycles. The molecule has 12 heteroatoms. The Labute approximate surface area is 299 Å². The molecule has 1 fully saturated rings. The lowest BCUT2D eigenvalue weighted by molar-refractivity contribution is -0.159. The van der Waals surface area contributed by atoms with Crippen LogP contribution >= 0.6 is 46.4 Å². The van der Waals surface area contributed by atoms with Crippen LogP contribution in [0, 0.1) is 0 Å². The number of fused-ring (bicyclic) bond motifs is 1. The van der Waals surface area contributed by atoms with Gasteiger partial charge in [0.2, 0.25) is 23.6 Å². The van der Waals surface area contributed by atoms with Crippen LogP contribution in [0.4, 0.5) is 0 Å². The van der Waals surface area contributed by atoms with E-state index in [1.807, 2.05) is 42.5 Å². The predicted molar refractivity (Wildman–Crippen MR) is 190 cm³/mol. The van der Waals surface area contributed by atoms with E-state index in [-0.39, 0.29) is 31.8 Å². The molecule has 1 aliphatic heterocycles. The summed E-state index contributed by atoms with van der Waals surface area (Å²) in [6.07, 6.45) is 0.474. The van der Waals surface area contributed by atoms with Crippen molar-refractivity contribution >= 4 is 80.8 Å². The second kappa shape index (κ2) is 16.1. The number of halogens is 4. The molecule has 4 amide bonds. The molecule has 3 unspecified atom stereocenters. The van der Waals surface area contributed by atoms with Gasteiger partial charge in [0.1, 0.15) is 30.1 Å². The minimum absolute atomic E-state index is 0.180. The first-order valence-corrected chi connectivity index (χ1v) is 17.0. The highest BCUT2D eigenvalue weighted by atomic mass is 35.5. The van der Waals surface area contributed by atoms with E-state index in [4.69, 9.17) is 52.1 Å². The molecule has 4 aromatic rings. The van der Waals surface area contributed by atoms with Crippen molar-refractivity contribution in [3.05, 3.63) is 118 Å². The van der Waals surface area contributed by atoms with Gasteiger partial charge in [-0.05, 0) is 58.1 Å². The Morgan fingerprint density at radius 1 is 0.833 bits per heavy atom. The van der Waals surface area contributed by atoms with Gasteiger partial charge in [-0.15, -0.1) is 0 Å². The van der Waals surface area contributed by atoms with Crippen LogP contribution in [0.2, 0.25) is 10.0 Å². The number of hydrogen-bond acceptors (Lipinski definition) is 4. The van der Waals surface area contributed by atoms with Crippen LogP contribution in [-0.4, -0.2) is 75.0 Å². The van der Waals surface area contributed by atoms with Gasteiger partial charge in [-0.3, -0.25) is 19.2 Å².